The zero-order chi connectivity index (χ0) is 21.7. The van der Waals surface area contributed by atoms with Crippen LogP contribution in [0.15, 0.2) is 55.3 Å². The van der Waals surface area contributed by atoms with Crippen molar-refractivity contribution in [2.24, 2.45) is 0 Å². The van der Waals surface area contributed by atoms with Crippen molar-refractivity contribution in [3.8, 4) is 11.3 Å². The summed E-state index contributed by atoms with van der Waals surface area (Å²) in [5.41, 5.74) is 1.83. The molecule has 0 bridgehead atoms. The highest BCUT2D eigenvalue weighted by Gasteiger charge is 2.33. The average molecular weight is 433 g/mol. The minimum atomic E-state index is -4.50. The van der Waals surface area contributed by atoms with E-state index in [1.165, 1.54) is 0 Å². The van der Waals surface area contributed by atoms with Gasteiger partial charge in [0.05, 0.1) is 18.3 Å². The Morgan fingerprint density at radius 1 is 1.13 bits per heavy atom. The SMILES string of the molecule is C=CC(=O)Nc1ccc(-c2cccc(CC(=O)Nc3ncc(C(F)(F)F)s3)c2)nn1. The van der Waals surface area contributed by atoms with E-state index in [1.807, 2.05) is 0 Å². The van der Waals surface area contributed by atoms with Crippen molar-refractivity contribution in [2.45, 2.75) is 12.6 Å². The molecule has 2 aromatic heterocycles. The van der Waals surface area contributed by atoms with Gasteiger partial charge in [0.1, 0.15) is 4.88 Å². The number of aromatic nitrogens is 3. The Hall–Kier alpha value is -3.60. The summed E-state index contributed by atoms with van der Waals surface area (Å²) in [5, 5.41) is 12.7. The predicted octanol–water partition coefficient (Wildman–Crippen LogP) is 3.92. The molecule has 3 aromatic rings. The van der Waals surface area contributed by atoms with Gasteiger partial charge in [0.2, 0.25) is 11.8 Å². The second-order valence-corrected chi connectivity index (χ2v) is 6.98. The molecule has 0 aliphatic carbocycles. The third kappa shape index (κ3) is 5.47. The zero-order valence-corrected chi connectivity index (χ0v) is 16.0. The van der Waals surface area contributed by atoms with E-state index in [0.717, 1.165) is 6.08 Å². The average Bonchev–Trinajstić information content (AvgIpc) is 3.17. The van der Waals surface area contributed by atoms with E-state index in [4.69, 9.17) is 0 Å². The van der Waals surface area contributed by atoms with Gasteiger partial charge in [0, 0.05) is 5.56 Å². The monoisotopic (exact) mass is 433 g/mol. The summed E-state index contributed by atoms with van der Waals surface area (Å²) in [6.45, 7) is 3.35. The van der Waals surface area contributed by atoms with Gasteiger partial charge in [-0.05, 0) is 29.8 Å². The second-order valence-electron chi connectivity index (χ2n) is 5.95. The Labute approximate surface area is 172 Å². The highest BCUT2D eigenvalue weighted by atomic mass is 32.1. The van der Waals surface area contributed by atoms with Crippen molar-refractivity contribution >= 4 is 34.1 Å². The number of hydrogen-bond acceptors (Lipinski definition) is 6. The Kier molecular flexibility index (Phi) is 6.21. The molecule has 30 heavy (non-hydrogen) atoms. The molecule has 0 fully saturated rings. The highest BCUT2D eigenvalue weighted by molar-refractivity contribution is 7.15. The second kappa shape index (κ2) is 8.82. The van der Waals surface area contributed by atoms with Crippen LogP contribution in [-0.4, -0.2) is 27.0 Å². The number of carbonyl (C=O) groups is 2. The van der Waals surface area contributed by atoms with Crippen molar-refractivity contribution in [1.82, 2.24) is 15.2 Å². The third-order valence-corrected chi connectivity index (χ3v) is 4.68. The molecule has 0 atom stereocenters. The topological polar surface area (TPSA) is 96.9 Å². The highest BCUT2D eigenvalue weighted by Crippen LogP contribution is 2.35. The van der Waals surface area contributed by atoms with Crippen LogP contribution < -0.4 is 10.6 Å². The number of benzene rings is 1. The molecule has 0 radical (unpaired) electrons. The summed E-state index contributed by atoms with van der Waals surface area (Å²) < 4.78 is 37.9. The maximum Gasteiger partial charge on any atom is 0.427 e. The maximum absolute atomic E-state index is 12.6. The molecule has 1 aromatic carbocycles. The lowest BCUT2D eigenvalue weighted by Crippen LogP contribution is -2.14. The van der Waals surface area contributed by atoms with Gasteiger partial charge in [-0.25, -0.2) is 4.98 Å². The maximum atomic E-state index is 12.6. The smallest absolute Gasteiger partial charge is 0.306 e. The van der Waals surface area contributed by atoms with Gasteiger partial charge in [-0.2, -0.15) is 13.2 Å². The Bertz CT molecular complexity index is 1080. The van der Waals surface area contributed by atoms with Gasteiger partial charge in [-0.15, -0.1) is 10.2 Å². The van der Waals surface area contributed by atoms with Crippen LogP contribution in [-0.2, 0) is 22.2 Å². The quantitative estimate of drug-likeness (QED) is 0.575. The van der Waals surface area contributed by atoms with Crippen molar-refractivity contribution in [3.05, 3.63) is 65.7 Å². The van der Waals surface area contributed by atoms with E-state index >= 15 is 0 Å². The first-order valence-corrected chi connectivity index (χ1v) is 9.25. The normalized spacial score (nSPS) is 11.0. The van der Waals surface area contributed by atoms with Gasteiger partial charge < -0.3 is 10.6 Å². The van der Waals surface area contributed by atoms with E-state index in [0.29, 0.717) is 34.4 Å². The van der Waals surface area contributed by atoms with Crippen molar-refractivity contribution in [2.75, 3.05) is 10.6 Å². The van der Waals surface area contributed by atoms with E-state index in [1.54, 1.807) is 36.4 Å². The number of alkyl halides is 3. The number of thiazole rings is 1. The number of nitrogens with one attached hydrogen (secondary N) is 2. The summed E-state index contributed by atoms with van der Waals surface area (Å²) in [6.07, 6.45) is -2.77. The lowest BCUT2D eigenvalue weighted by Gasteiger charge is -2.06. The van der Waals surface area contributed by atoms with Crippen molar-refractivity contribution < 1.29 is 22.8 Å². The number of amides is 2. The fourth-order valence-electron chi connectivity index (χ4n) is 2.38. The molecule has 0 spiro atoms. The summed E-state index contributed by atoms with van der Waals surface area (Å²) in [6, 6.07) is 10.1. The van der Waals surface area contributed by atoms with Gasteiger partial charge in [-0.3, -0.25) is 9.59 Å². The minimum absolute atomic E-state index is 0.0598. The molecule has 0 aliphatic rings. The molecule has 0 saturated carbocycles. The van der Waals surface area contributed by atoms with Crippen LogP contribution in [0.1, 0.15) is 10.4 Å². The van der Waals surface area contributed by atoms with Crippen LogP contribution in [0.5, 0.6) is 0 Å². The van der Waals surface area contributed by atoms with E-state index in [9.17, 15) is 22.8 Å². The third-order valence-electron chi connectivity index (χ3n) is 3.72. The standard InChI is InChI=1S/C19H14F3N5O2S/c1-2-16(28)24-15-7-6-13(26-27-15)12-5-3-4-11(8-12)9-17(29)25-18-23-10-14(30-18)19(20,21)22/h2-8,10H,1,9H2,(H,23,25,29)(H,24,27,28). The van der Waals surface area contributed by atoms with Gasteiger partial charge in [-0.1, -0.05) is 36.1 Å². The number of anilines is 2. The fraction of sp³-hybridized carbons (Fsp3) is 0.105. The Balaban J connectivity index is 1.66. The number of hydrogen-bond donors (Lipinski definition) is 2. The van der Waals surface area contributed by atoms with Crippen LogP contribution in [0.3, 0.4) is 0 Å². The molecule has 2 N–H and O–H groups in total. The lowest BCUT2D eigenvalue weighted by molar-refractivity contribution is -0.134. The van der Waals surface area contributed by atoms with E-state index in [-0.39, 0.29) is 17.4 Å². The number of carbonyl (C=O) groups excluding carboxylic acids is 2. The molecule has 0 aliphatic heterocycles. The number of rotatable bonds is 6. The zero-order valence-electron chi connectivity index (χ0n) is 15.2. The predicted molar refractivity (Wildman–Crippen MR) is 106 cm³/mol. The summed E-state index contributed by atoms with van der Waals surface area (Å²) >= 11 is 0.363. The Morgan fingerprint density at radius 3 is 2.57 bits per heavy atom. The molecule has 0 saturated heterocycles. The molecule has 11 heteroatoms. The van der Waals surface area contributed by atoms with Crippen LogP contribution >= 0.6 is 11.3 Å². The molecule has 0 unspecified atom stereocenters. The largest absolute Gasteiger partial charge is 0.427 e. The minimum Gasteiger partial charge on any atom is -0.306 e. The summed E-state index contributed by atoms with van der Waals surface area (Å²) in [4.78, 5) is 26.1. The van der Waals surface area contributed by atoms with Crippen molar-refractivity contribution in [3.63, 3.8) is 0 Å². The molecular weight excluding hydrogens is 419 g/mol. The first-order chi connectivity index (χ1) is 14.2. The lowest BCUT2D eigenvalue weighted by atomic mass is 10.1. The van der Waals surface area contributed by atoms with E-state index in [2.05, 4.69) is 32.4 Å². The van der Waals surface area contributed by atoms with E-state index < -0.39 is 22.9 Å². The summed E-state index contributed by atoms with van der Waals surface area (Å²) in [7, 11) is 0. The molecular formula is C19H14F3N5O2S. The first kappa shape index (κ1) is 21.1. The molecule has 3 rings (SSSR count). The van der Waals surface area contributed by atoms with Gasteiger partial charge in [0.25, 0.3) is 0 Å². The molecule has 154 valence electrons. The number of halogens is 3. The number of nitrogens with zero attached hydrogens (tertiary/aromatic N) is 3. The fourth-order valence-corrected chi connectivity index (χ4v) is 3.08. The molecule has 2 amide bonds. The first-order valence-electron chi connectivity index (χ1n) is 8.44. The van der Waals surface area contributed by atoms with Gasteiger partial charge in [0.15, 0.2) is 10.9 Å². The Morgan fingerprint density at radius 2 is 1.93 bits per heavy atom. The van der Waals surface area contributed by atoms with Gasteiger partial charge >= 0.3 is 6.18 Å². The van der Waals surface area contributed by atoms with Crippen LogP contribution in [0, 0.1) is 0 Å². The summed E-state index contributed by atoms with van der Waals surface area (Å²) in [5.74, 6) is -0.641. The molecule has 2 heterocycles. The van der Waals surface area contributed by atoms with Crippen LogP contribution in [0.2, 0.25) is 0 Å². The van der Waals surface area contributed by atoms with Crippen LogP contribution in [0.4, 0.5) is 24.1 Å². The molecule has 7 nitrogen and oxygen atoms in total. The van der Waals surface area contributed by atoms with Crippen molar-refractivity contribution in [1.29, 1.82) is 0 Å². The van der Waals surface area contributed by atoms with Crippen LogP contribution in [0.25, 0.3) is 11.3 Å².